The number of Topliss-reactive ketones (excluding diaryl/α,β-unsaturated/α-hetero) is 3. The molecule has 0 radical (unpaired) electrons. The lowest BCUT2D eigenvalue weighted by molar-refractivity contribution is -0.133. The predicted octanol–water partition coefficient (Wildman–Crippen LogP) is 4.59. The Morgan fingerprint density at radius 3 is 1.96 bits per heavy atom. The Bertz CT molecular complexity index is 1400. The molecule has 3 rings (SSSR count). The van der Waals surface area contributed by atoms with E-state index >= 15 is 0 Å². The third-order valence-corrected chi connectivity index (χ3v) is 8.13. The smallest absolute Gasteiger partial charge is 0.224 e. The second-order valence-corrected chi connectivity index (χ2v) is 12.6. The molecule has 2 aromatic carbocycles. The Hall–Kier alpha value is -4.08. The summed E-state index contributed by atoms with van der Waals surface area (Å²) in [6.07, 6.45) is 5.88. The number of carbonyl (C=O) groups is 4. The summed E-state index contributed by atoms with van der Waals surface area (Å²) < 4.78 is 0. The predicted molar refractivity (Wildman–Crippen MR) is 180 cm³/mol. The first-order valence-corrected chi connectivity index (χ1v) is 16.3. The van der Waals surface area contributed by atoms with Crippen molar-refractivity contribution in [2.75, 3.05) is 6.54 Å². The molecule has 0 unspecified atom stereocenters. The summed E-state index contributed by atoms with van der Waals surface area (Å²) in [5, 5.41) is 2.98. The van der Waals surface area contributed by atoms with Crippen molar-refractivity contribution in [2.24, 2.45) is 29.2 Å². The van der Waals surface area contributed by atoms with Gasteiger partial charge in [0.1, 0.15) is 5.69 Å². The molecule has 0 bridgehead atoms. The summed E-state index contributed by atoms with van der Waals surface area (Å²) >= 11 is 0. The van der Waals surface area contributed by atoms with Crippen molar-refractivity contribution in [2.45, 2.75) is 84.2 Å². The van der Waals surface area contributed by atoms with Crippen LogP contribution in [-0.2, 0) is 27.2 Å². The first-order chi connectivity index (χ1) is 22.1. The maximum atomic E-state index is 13.9. The van der Waals surface area contributed by atoms with Gasteiger partial charge in [-0.3, -0.25) is 24.2 Å². The monoisotopic (exact) mass is 627 g/mol. The van der Waals surface area contributed by atoms with Crippen LogP contribution in [0.2, 0.25) is 0 Å². The highest BCUT2D eigenvalue weighted by molar-refractivity contribution is 6.00. The molecule has 0 aliphatic rings. The van der Waals surface area contributed by atoms with Crippen molar-refractivity contribution in [3.63, 3.8) is 0 Å². The Kier molecular flexibility index (Phi) is 14.9. The van der Waals surface area contributed by atoms with Crippen molar-refractivity contribution >= 4 is 23.3 Å². The highest BCUT2D eigenvalue weighted by Crippen LogP contribution is 2.22. The lowest BCUT2D eigenvalue weighted by Gasteiger charge is -2.25. The van der Waals surface area contributed by atoms with E-state index in [9.17, 15) is 19.2 Å². The number of ketones is 3. The fourth-order valence-corrected chi connectivity index (χ4v) is 5.54. The largest absolute Gasteiger partial charge is 0.346 e. The minimum Gasteiger partial charge on any atom is -0.346 e. The number of carbonyl (C=O) groups excluding carboxylic acids is 4. The highest BCUT2D eigenvalue weighted by atomic mass is 16.2. The van der Waals surface area contributed by atoms with Gasteiger partial charge in [0.2, 0.25) is 5.91 Å². The van der Waals surface area contributed by atoms with Gasteiger partial charge in [-0.05, 0) is 62.6 Å². The fourth-order valence-electron chi connectivity index (χ4n) is 5.54. The lowest BCUT2D eigenvalue weighted by atomic mass is 9.86. The summed E-state index contributed by atoms with van der Waals surface area (Å²) in [6.45, 7) is 6.23. The molecule has 3 aromatic rings. The van der Waals surface area contributed by atoms with Crippen LogP contribution in [0.25, 0.3) is 0 Å². The first-order valence-electron chi connectivity index (χ1n) is 16.3. The van der Waals surface area contributed by atoms with E-state index in [-0.39, 0.29) is 47.7 Å². The molecule has 9 nitrogen and oxygen atoms in total. The van der Waals surface area contributed by atoms with E-state index in [1.54, 1.807) is 6.92 Å². The average molecular weight is 628 g/mol. The van der Waals surface area contributed by atoms with E-state index in [2.05, 4.69) is 15.3 Å². The Morgan fingerprint density at radius 2 is 1.39 bits per heavy atom. The summed E-state index contributed by atoms with van der Waals surface area (Å²) in [5.74, 6) is -2.29. The molecule has 0 spiro atoms. The molecule has 0 aliphatic heterocycles. The van der Waals surface area contributed by atoms with Crippen LogP contribution in [-0.4, -0.2) is 51.9 Å². The highest BCUT2D eigenvalue weighted by Gasteiger charge is 2.32. The van der Waals surface area contributed by atoms with Gasteiger partial charge in [-0.25, -0.2) is 4.98 Å². The molecule has 9 heteroatoms. The quantitative estimate of drug-likeness (QED) is 0.121. The number of amides is 1. The van der Waals surface area contributed by atoms with Gasteiger partial charge < -0.3 is 16.8 Å². The van der Waals surface area contributed by atoms with E-state index in [0.29, 0.717) is 44.3 Å². The molecule has 46 heavy (non-hydrogen) atoms. The Labute approximate surface area is 273 Å². The van der Waals surface area contributed by atoms with Gasteiger partial charge in [0.25, 0.3) is 0 Å². The van der Waals surface area contributed by atoms with Crippen LogP contribution in [0.15, 0.2) is 73.1 Å². The van der Waals surface area contributed by atoms with E-state index in [0.717, 1.165) is 17.5 Å². The van der Waals surface area contributed by atoms with Crippen molar-refractivity contribution in [3.05, 3.63) is 95.6 Å². The minimum atomic E-state index is -0.812. The first kappa shape index (κ1) is 36.4. The van der Waals surface area contributed by atoms with Crippen LogP contribution >= 0.6 is 0 Å². The van der Waals surface area contributed by atoms with Crippen molar-refractivity contribution in [1.29, 1.82) is 0 Å². The van der Waals surface area contributed by atoms with Gasteiger partial charge in [-0.15, -0.1) is 0 Å². The van der Waals surface area contributed by atoms with Crippen LogP contribution in [0, 0.1) is 24.7 Å². The van der Waals surface area contributed by atoms with Crippen LogP contribution in [0.1, 0.15) is 79.7 Å². The topological polar surface area (TPSA) is 158 Å². The molecule has 0 saturated carbocycles. The van der Waals surface area contributed by atoms with Crippen LogP contribution in [0.4, 0.5) is 0 Å². The molecular weight excluding hydrogens is 578 g/mol. The van der Waals surface area contributed by atoms with E-state index < -0.39 is 23.9 Å². The number of rotatable bonds is 20. The molecule has 0 aliphatic carbocycles. The maximum Gasteiger partial charge on any atom is 0.224 e. The molecule has 0 fully saturated rings. The number of nitrogens with two attached hydrogens (primary N) is 2. The molecular formula is C37H49N5O4. The Balaban J connectivity index is 1.79. The molecule has 4 atom stereocenters. The number of hydrogen-bond donors (Lipinski definition) is 3. The number of nitrogens with zero attached hydrogens (tertiary/aromatic N) is 2. The molecule has 5 N–H and O–H groups in total. The number of aryl methyl sites for hydroxylation is 1. The third-order valence-electron chi connectivity index (χ3n) is 8.13. The zero-order valence-electron chi connectivity index (χ0n) is 27.4. The summed E-state index contributed by atoms with van der Waals surface area (Å²) in [5.41, 5.74) is 14.8. The standard InChI is InChI=1S/C37H49N5O4/c1-25(2)18-32(35(44)21-29(16-10-11-17-38)36(45)33-24-40-26(3)23-41-33)42-37(46)30(19-27-12-6-4-7-13-27)22-34(43)31(39)20-28-14-8-5-9-15-28/h4-9,12-15,23-25,29-32H,10-11,16-22,38-39H2,1-3H3,(H,42,46)/t29-,30-,31+,32+/m0/s1. The number of benzene rings is 2. The number of nitrogens with one attached hydrogen (secondary N) is 1. The van der Waals surface area contributed by atoms with Gasteiger partial charge in [-0.1, -0.05) is 80.9 Å². The SMILES string of the molecule is Cc1cnc(C(=O)[C@@H](CCCCN)CC(=O)[C@@H](CC(C)C)NC(=O)[C@H](CC(=O)[C@H](N)Cc2ccccc2)Cc2ccccc2)cn1. The minimum absolute atomic E-state index is 0.0408. The lowest BCUT2D eigenvalue weighted by Crippen LogP contribution is -2.46. The van der Waals surface area contributed by atoms with E-state index in [1.807, 2.05) is 74.5 Å². The molecule has 246 valence electrons. The Morgan fingerprint density at radius 1 is 0.783 bits per heavy atom. The van der Waals surface area contributed by atoms with Crippen LogP contribution in [0.5, 0.6) is 0 Å². The summed E-state index contributed by atoms with van der Waals surface area (Å²) in [7, 11) is 0. The van der Waals surface area contributed by atoms with Crippen molar-refractivity contribution < 1.29 is 19.2 Å². The maximum absolute atomic E-state index is 13.9. The molecule has 1 aromatic heterocycles. The third kappa shape index (κ3) is 12.0. The normalized spacial score (nSPS) is 13.9. The summed E-state index contributed by atoms with van der Waals surface area (Å²) in [4.78, 5) is 63.0. The van der Waals surface area contributed by atoms with Gasteiger partial charge in [0.05, 0.1) is 24.0 Å². The van der Waals surface area contributed by atoms with Gasteiger partial charge in [-0.2, -0.15) is 0 Å². The average Bonchev–Trinajstić information content (AvgIpc) is 3.04. The van der Waals surface area contributed by atoms with Gasteiger partial charge in [0, 0.05) is 30.9 Å². The van der Waals surface area contributed by atoms with Gasteiger partial charge >= 0.3 is 0 Å². The van der Waals surface area contributed by atoms with E-state index in [4.69, 9.17) is 11.5 Å². The number of aromatic nitrogens is 2. The van der Waals surface area contributed by atoms with Crippen LogP contribution in [0.3, 0.4) is 0 Å². The van der Waals surface area contributed by atoms with E-state index in [1.165, 1.54) is 12.4 Å². The second kappa shape index (κ2) is 18.8. The molecule has 1 amide bonds. The van der Waals surface area contributed by atoms with Gasteiger partial charge in [0.15, 0.2) is 17.3 Å². The molecule has 1 heterocycles. The van der Waals surface area contributed by atoms with Crippen LogP contribution < -0.4 is 16.8 Å². The number of unbranched alkanes of at least 4 members (excludes halogenated alkanes) is 1. The zero-order valence-corrected chi connectivity index (χ0v) is 27.4. The van der Waals surface area contributed by atoms with Crippen molar-refractivity contribution in [3.8, 4) is 0 Å². The zero-order chi connectivity index (χ0) is 33.5. The number of hydrogen-bond acceptors (Lipinski definition) is 8. The van der Waals surface area contributed by atoms with Crippen molar-refractivity contribution in [1.82, 2.24) is 15.3 Å². The second-order valence-electron chi connectivity index (χ2n) is 12.6. The fraction of sp³-hybridized carbons (Fsp3) is 0.459. The molecule has 0 saturated heterocycles. The summed E-state index contributed by atoms with van der Waals surface area (Å²) in [6, 6.07) is 17.5.